The molecule has 1 aliphatic rings. The first-order chi connectivity index (χ1) is 10.2. The Morgan fingerprint density at radius 3 is 1.61 bits per heavy atom. The van der Waals surface area contributed by atoms with Crippen LogP contribution in [0.5, 0.6) is 0 Å². The van der Waals surface area contributed by atoms with Crippen molar-refractivity contribution in [2.45, 2.75) is 0 Å². The molecule has 0 unspecified atom stereocenters. The molecule has 0 atom stereocenters. The summed E-state index contributed by atoms with van der Waals surface area (Å²) >= 11 is 6.97. The summed E-state index contributed by atoms with van der Waals surface area (Å²) in [6.45, 7) is 0. The number of benzene rings is 2. The Bertz CT molecular complexity index is 687. The summed E-state index contributed by atoms with van der Waals surface area (Å²) < 4.78 is 2.15. The van der Waals surface area contributed by atoms with Gasteiger partial charge in [0.15, 0.2) is 0 Å². The van der Waals surface area contributed by atoms with Crippen molar-refractivity contribution in [3.63, 3.8) is 0 Å². The van der Waals surface area contributed by atoms with Crippen molar-refractivity contribution in [3.05, 3.63) is 93.6 Å². The Hall–Kier alpha value is -0.627. The van der Waals surface area contributed by atoms with E-state index in [0.29, 0.717) is 0 Å². The van der Waals surface area contributed by atoms with Gasteiger partial charge in [0.25, 0.3) is 0 Å². The molecule has 0 saturated heterocycles. The van der Waals surface area contributed by atoms with Gasteiger partial charge in [0.1, 0.15) is 0 Å². The monoisotopic (exact) mass is 499 g/mol. The molecule has 0 spiro atoms. The van der Waals surface area contributed by atoms with Gasteiger partial charge in [0, 0.05) is 51.9 Å². The third-order valence-electron chi connectivity index (χ3n) is 3.13. The predicted molar refractivity (Wildman–Crippen MR) is 95.5 cm³/mol. The number of hydrogen-bond acceptors (Lipinski definition) is 1. The van der Waals surface area contributed by atoms with Crippen LogP contribution in [0.2, 0.25) is 0 Å². The molecule has 2 aromatic rings. The number of hydrogen-bond donors (Lipinski definition) is 0. The number of rotatable bonds is 3. The molecule has 0 amide bonds. The molecular weight excluding hydrogens is 491 g/mol. The molecule has 23 heavy (non-hydrogen) atoms. The summed E-state index contributed by atoms with van der Waals surface area (Å²) in [6, 6.07) is 16.6. The van der Waals surface area contributed by atoms with Crippen molar-refractivity contribution < 1.29 is 31.9 Å². The van der Waals surface area contributed by atoms with E-state index in [1.165, 1.54) is 0 Å². The Morgan fingerprint density at radius 2 is 1.22 bits per heavy atom. The zero-order valence-corrected chi connectivity index (χ0v) is 19.1. The smallest absolute Gasteiger partial charge is 0.0459 e. The number of nitrogens with zero attached hydrogens (tertiary/aromatic N) is 1. The largest absolute Gasteiger partial charge is 1.00 e. The second-order valence-electron chi connectivity index (χ2n) is 4.55. The van der Waals surface area contributed by atoms with E-state index >= 15 is 0 Å². The van der Waals surface area contributed by atoms with Gasteiger partial charge in [-0.05, 0) is 66.8 Å². The molecule has 0 N–H and O–H groups in total. The summed E-state index contributed by atoms with van der Waals surface area (Å²) in [5, 5.41) is 0. The molecule has 5 heteroatoms. The summed E-state index contributed by atoms with van der Waals surface area (Å²) in [7, 11) is 0. The van der Waals surface area contributed by atoms with Crippen LogP contribution in [0.4, 0.5) is 11.4 Å². The molecule has 0 saturated carbocycles. The third-order valence-corrected chi connectivity index (χ3v) is 4.19. The van der Waals surface area contributed by atoms with E-state index in [1.54, 1.807) is 0 Å². The second-order valence-corrected chi connectivity index (χ2v) is 6.38. The Morgan fingerprint density at radius 1 is 0.739 bits per heavy atom. The maximum absolute atomic E-state index is 3.49. The standard InChI is InChI=1S/C18H12Br2N.ClH.Zn/c19-14-6-10-17(11-7-14)21(16-4-2-1-3-5-16)18-12-8-15(20)9-13-18;;/h2-13H;1H;/p-1. The molecule has 2 aromatic carbocycles. The molecule has 0 bridgehead atoms. The Labute approximate surface area is 172 Å². The molecule has 1 radical (unpaired) electrons. The van der Waals surface area contributed by atoms with E-state index in [0.717, 1.165) is 26.0 Å². The fraction of sp³-hybridized carbons (Fsp3) is 0. The topological polar surface area (TPSA) is 3.24 Å². The summed E-state index contributed by atoms with van der Waals surface area (Å²) in [5.41, 5.74) is 6.41. The summed E-state index contributed by atoms with van der Waals surface area (Å²) in [5.74, 6) is 0. The summed E-state index contributed by atoms with van der Waals surface area (Å²) in [6.07, 6.45) is 7.98. The van der Waals surface area contributed by atoms with Gasteiger partial charge in [-0.25, -0.2) is 0 Å². The maximum atomic E-state index is 3.49. The van der Waals surface area contributed by atoms with Gasteiger partial charge >= 0.3 is 0 Å². The Kier molecular flexibility index (Phi) is 8.54. The SMILES string of the molecule is Brc1ccc(N(C2=CC=C=C[CH]2)c2ccc(Br)cc2)cc1.[Cl-].[Zn]. The van der Waals surface area contributed by atoms with Crippen molar-refractivity contribution in [3.8, 4) is 0 Å². The van der Waals surface area contributed by atoms with Crippen molar-refractivity contribution >= 4 is 43.2 Å². The van der Waals surface area contributed by atoms with Crippen LogP contribution in [0.3, 0.4) is 0 Å². The number of halogens is 3. The molecule has 1 nitrogen and oxygen atoms in total. The van der Waals surface area contributed by atoms with Crippen LogP contribution in [0, 0.1) is 6.42 Å². The fourth-order valence-electron chi connectivity index (χ4n) is 2.15. The molecule has 0 aliphatic heterocycles. The van der Waals surface area contributed by atoms with Gasteiger partial charge in [-0.3, -0.25) is 0 Å². The van der Waals surface area contributed by atoms with Gasteiger partial charge in [0.05, 0.1) is 0 Å². The van der Waals surface area contributed by atoms with Gasteiger partial charge in [-0.2, -0.15) is 0 Å². The zero-order chi connectivity index (χ0) is 14.7. The van der Waals surface area contributed by atoms with Crippen LogP contribution >= 0.6 is 31.9 Å². The zero-order valence-electron chi connectivity index (χ0n) is 12.2. The second kappa shape index (κ2) is 9.62. The molecule has 113 valence electrons. The van der Waals surface area contributed by atoms with E-state index in [4.69, 9.17) is 0 Å². The van der Waals surface area contributed by atoms with Crippen LogP contribution in [0.25, 0.3) is 0 Å². The normalized spacial score (nSPS) is 12.0. The molecule has 3 rings (SSSR count). The first-order valence-electron chi connectivity index (χ1n) is 6.51. The predicted octanol–water partition coefficient (Wildman–Crippen LogP) is 3.16. The number of anilines is 2. The van der Waals surface area contributed by atoms with Gasteiger partial charge in [-0.1, -0.05) is 31.9 Å². The first-order valence-corrected chi connectivity index (χ1v) is 8.10. The molecule has 1 aliphatic carbocycles. The quantitative estimate of drug-likeness (QED) is 0.460. The molecule has 0 fully saturated rings. The van der Waals surface area contributed by atoms with Crippen molar-refractivity contribution in [1.29, 1.82) is 0 Å². The molecule has 0 aromatic heterocycles. The average Bonchev–Trinajstić information content (AvgIpc) is 2.52. The van der Waals surface area contributed by atoms with Crippen LogP contribution in [0.1, 0.15) is 0 Å². The average molecular weight is 503 g/mol. The first kappa shape index (κ1) is 20.4. The maximum Gasteiger partial charge on any atom is 0.0459 e. The van der Waals surface area contributed by atoms with Gasteiger partial charge < -0.3 is 17.3 Å². The van der Waals surface area contributed by atoms with Gasteiger partial charge in [-0.15, -0.1) is 5.73 Å². The van der Waals surface area contributed by atoms with Crippen LogP contribution in [-0.4, -0.2) is 0 Å². The van der Waals surface area contributed by atoms with E-state index < -0.39 is 0 Å². The van der Waals surface area contributed by atoms with Crippen LogP contribution < -0.4 is 17.3 Å². The van der Waals surface area contributed by atoms with E-state index in [2.05, 4.69) is 104 Å². The van der Waals surface area contributed by atoms with Crippen molar-refractivity contribution in [2.24, 2.45) is 0 Å². The number of allylic oxidation sites excluding steroid dienone is 2. The minimum atomic E-state index is 0. The minimum absolute atomic E-state index is 0. The van der Waals surface area contributed by atoms with Crippen LogP contribution in [-0.2, 0) is 19.5 Å². The van der Waals surface area contributed by atoms with Crippen molar-refractivity contribution in [1.82, 2.24) is 0 Å². The summed E-state index contributed by atoms with van der Waals surface area (Å²) in [4.78, 5) is 2.22. The molecular formula is C18H12Br2ClNZn-. The van der Waals surface area contributed by atoms with Gasteiger partial charge in [0.2, 0.25) is 0 Å². The van der Waals surface area contributed by atoms with Crippen LogP contribution in [0.15, 0.2) is 87.1 Å². The van der Waals surface area contributed by atoms with E-state index in [9.17, 15) is 0 Å². The third kappa shape index (κ3) is 5.17. The fourth-order valence-corrected chi connectivity index (χ4v) is 2.68. The van der Waals surface area contributed by atoms with E-state index in [-0.39, 0.29) is 31.9 Å². The minimum Gasteiger partial charge on any atom is -1.00 e. The Balaban J connectivity index is 0.00000132. The van der Waals surface area contributed by atoms with E-state index in [1.807, 2.05) is 12.2 Å². The van der Waals surface area contributed by atoms with Crippen molar-refractivity contribution in [2.75, 3.05) is 4.90 Å². The molecule has 0 heterocycles.